The Bertz CT molecular complexity index is 1150. The number of hydrogen-bond donors (Lipinski definition) is 3. The zero-order valence-corrected chi connectivity index (χ0v) is 17.3. The number of nitrogens with zero attached hydrogens (tertiary/aromatic N) is 1. The standard InChI is InChI=1S/C23H19F3N4O3/c1-15-4-6-18(13-20(15)30-21(31)11-5-16-3-2-12-27-14-16)29-22(32)28-17-7-9-19(10-8-17)33-23(24,25)26/h2-14H,1H3,(H,30,31)(H2,28,29,32)/b11-5-. The fourth-order valence-electron chi connectivity index (χ4n) is 2.69. The molecule has 1 heterocycles. The van der Waals surface area contributed by atoms with Gasteiger partial charge < -0.3 is 20.7 Å². The van der Waals surface area contributed by atoms with Crippen LogP contribution in [0, 0.1) is 6.92 Å². The molecule has 1 aromatic heterocycles. The van der Waals surface area contributed by atoms with E-state index in [1.54, 1.807) is 49.7 Å². The number of hydrogen-bond acceptors (Lipinski definition) is 4. The normalized spacial score (nSPS) is 11.2. The Morgan fingerprint density at radius 3 is 2.33 bits per heavy atom. The van der Waals surface area contributed by atoms with Gasteiger partial charge in [0.1, 0.15) is 5.75 Å². The summed E-state index contributed by atoms with van der Waals surface area (Å²) in [6.07, 6.45) is 1.45. The van der Waals surface area contributed by atoms with Crippen LogP contribution < -0.4 is 20.7 Å². The maximum atomic E-state index is 12.2. The highest BCUT2D eigenvalue weighted by Gasteiger charge is 2.30. The molecule has 7 nitrogen and oxygen atoms in total. The lowest BCUT2D eigenvalue weighted by Crippen LogP contribution is -2.20. The van der Waals surface area contributed by atoms with Gasteiger partial charge in [0, 0.05) is 35.5 Å². The van der Waals surface area contributed by atoms with Gasteiger partial charge in [-0.2, -0.15) is 0 Å². The summed E-state index contributed by atoms with van der Waals surface area (Å²) >= 11 is 0. The molecule has 0 radical (unpaired) electrons. The van der Waals surface area contributed by atoms with Gasteiger partial charge in [-0.25, -0.2) is 4.79 Å². The van der Waals surface area contributed by atoms with Crippen LogP contribution in [0.5, 0.6) is 5.75 Å². The first-order valence-electron chi connectivity index (χ1n) is 9.61. The van der Waals surface area contributed by atoms with Crippen molar-refractivity contribution < 1.29 is 27.5 Å². The molecule has 0 aliphatic heterocycles. The third kappa shape index (κ3) is 7.69. The molecule has 2 aromatic carbocycles. The van der Waals surface area contributed by atoms with Gasteiger partial charge >= 0.3 is 12.4 Å². The number of benzene rings is 2. The molecule has 3 aromatic rings. The van der Waals surface area contributed by atoms with E-state index in [1.165, 1.54) is 18.2 Å². The first-order valence-corrected chi connectivity index (χ1v) is 9.61. The highest BCUT2D eigenvalue weighted by molar-refractivity contribution is 6.03. The molecule has 0 spiro atoms. The van der Waals surface area contributed by atoms with E-state index in [4.69, 9.17) is 0 Å². The van der Waals surface area contributed by atoms with Gasteiger partial charge in [-0.3, -0.25) is 9.78 Å². The summed E-state index contributed by atoms with van der Waals surface area (Å²) < 4.78 is 40.4. The molecule has 10 heteroatoms. The summed E-state index contributed by atoms with van der Waals surface area (Å²) in [5.74, 6) is -0.755. The highest BCUT2D eigenvalue weighted by Crippen LogP contribution is 2.24. The maximum Gasteiger partial charge on any atom is 0.573 e. The van der Waals surface area contributed by atoms with Crippen molar-refractivity contribution in [3.63, 3.8) is 0 Å². The van der Waals surface area contributed by atoms with Crippen LogP contribution in [-0.2, 0) is 4.79 Å². The van der Waals surface area contributed by atoms with E-state index in [1.807, 2.05) is 6.07 Å². The predicted molar refractivity (Wildman–Crippen MR) is 119 cm³/mol. The number of alkyl halides is 3. The van der Waals surface area contributed by atoms with Crippen LogP contribution in [0.4, 0.5) is 35.0 Å². The lowest BCUT2D eigenvalue weighted by atomic mass is 10.1. The number of aryl methyl sites for hydroxylation is 1. The van der Waals surface area contributed by atoms with Crippen molar-refractivity contribution in [2.45, 2.75) is 13.3 Å². The number of pyridine rings is 1. The number of nitrogens with one attached hydrogen (secondary N) is 3. The van der Waals surface area contributed by atoms with E-state index in [0.717, 1.165) is 23.3 Å². The molecule has 3 N–H and O–H groups in total. The van der Waals surface area contributed by atoms with E-state index in [9.17, 15) is 22.8 Å². The predicted octanol–water partition coefficient (Wildman–Crippen LogP) is 5.58. The first-order chi connectivity index (χ1) is 15.7. The summed E-state index contributed by atoms with van der Waals surface area (Å²) in [7, 11) is 0. The molecular formula is C23H19F3N4O3. The number of aromatic nitrogens is 1. The third-order valence-corrected chi connectivity index (χ3v) is 4.21. The van der Waals surface area contributed by atoms with E-state index in [0.29, 0.717) is 11.4 Å². The van der Waals surface area contributed by atoms with E-state index in [-0.39, 0.29) is 11.6 Å². The maximum absolute atomic E-state index is 12.2. The van der Waals surface area contributed by atoms with Crippen molar-refractivity contribution in [1.29, 1.82) is 0 Å². The minimum atomic E-state index is -4.79. The summed E-state index contributed by atoms with van der Waals surface area (Å²) in [4.78, 5) is 28.4. The number of urea groups is 1. The second kappa shape index (κ2) is 10.3. The number of amides is 3. The van der Waals surface area contributed by atoms with Gasteiger partial charge in [0.15, 0.2) is 0 Å². The summed E-state index contributed by atoms with van der Waals surface area (Å²) in [5.41, 5.74) is 2.73. The molecule has 3 rings (SSSR count). The number of carbonyl (C=O) groups is 2. The third-order valence-electron chi connectivity index (χ3n) is 4.21. The van der Waals surface area contributed by atoms with Gasteiger partial charge in [0.05, 0.1) is 0 Å². The van der Waals surface area contributed by atoms with Crippen LogP contribution in [0.15, 0.2) is 73.1 Å². The van der Waals surface area contributed by atoms with Gasteiger partial charge in [0.2, 0.25) is 5.91 Å². The molecule has 170 valence electrons. The summed E-state index contributed by atoms with van der Waals surface area (Å²) in [6.45, 7) is 1.80. The molecule has 33 heavy (non-hydrogen) atoms. The Balaban J connectivity index is 1.59. The molecule has 0 bridgehead atoms. The average molecular weight is 456 g/mol. The van der Waals surface area contributed by atoms with Crippen LogP contribution in [0.1, 0.15) is 11.1 Å². The highest BCUT2D eigenvalue weighted by atomic mass is 19.4. The van der Waals surface area contributed by atoms with Gasteiger partial charge in [0.25, 0.3) is 0 Å². The topological polar surface area (TPSA) is 92.4 Å². The number of rotatable bonds is 6. The monoisotopic (exact) mass is 456 g/mol. The van der Waals surface area contributed by atoms with E-state index < -0.39 is 18.1 Å². The zero-order valence-electron chi connectivity index (χ0n) is 17.3. The lowest BCUT2D eigenvalue weighted by molar-refractivity contribution is -0.274. The lowest BCUT2D eigenvalue weighted by Gasteiger charge is -2.12. The Kier molecular flexibility index (Phi) is 7.29. The first kappa shape index (κ1) is 23.3. The molecule has 0 fully saturated rings. The Morgan fingerprint density at radius 1 is 0.970 bits per heavy atom. The molecule has 0 saturated heterocycles. The van der Waals surface area contributed by atoms with Crippen LogP contribution in [-0.4, -0.2) is 23.3 Å². The smallest absolute Gasteiger partial charge is 0.406 e. The van der Waals surface area contributed by atoms with Crippen LogP contribution in [0.2, 0.25) is 0 Å². The summed E-state index contributed by atoms with van der Waals surface area (Å²) in [5, 5.41) is 7.85. The number of halogens is 3. The Labute approximate surface area is 187 Å². The SMILES string of the molecule is Cc1ccc(NC(=O)Nc2ccc(OC(F)(F)F)cc2)cc1NC(=O)/C=C\c1cccnc1. The van der Waals surface area contributed by atoms with Crippen LogP contribution in [0.25, 0.3) is 6.08 Å². The van der Waals surface area contributed by atoms with Crippen LogP contribution >= 0.6 is 0 Å². The molecule has 0 aliphatic carbocycles. The van der Waals surface area contributed by atoms with Crippen molar-refractivity contribution >= 4 is 35.1 Å². The van der Waals surface area contributed by atoms with E-state index in [2.05, 4.69) is 25.7 Å². The largest absolute Gasteiger partial charge is 0.573 e. The summed E-state index contributed by atoms with van der Waals surface area (Å²) in [6, 6.07) is 12.6. The van der Waals surface area contributed by atoms with Gasteiger partial charge in [-0.05, 0) is 66.6 Å². The molecule has 0 saturated carbocycles. The molecule has 0 aliphatic rings. The zero-order chi connectivity index (χ0) is 23.8. The fourth-order valence-corrected chi connectivity index (χ4v) is 2.69. The Morgan fingerprint density at radius 2 is 1.67 bits per heavy atom. The number of ether oxygens (including phenoxy) is 1. The molecule has 0 atom stereocenters. The minimum absolute atomic E-state index is 0.267. The molecule has 0 unspecified atom stereocenters. The minimum Gasteiger partial charge on any atom is -0.406 e. The fraction of sp³-hybridized carbons (Fsp3) is 0.0870. The van der Waals surface area contributed by atoms with Crippen molar-refractivity contribution in [3.8, 4) is 5.75 Å². The van der Waals surface area contributed by atoms with Crippen molar-refractivity contribution in [3.05, 3.63) is 84.2 Å². The number of carbonyl (C=O) groups excluding carboxylic acids is 2. The van der Waals surface area contributed by atoms with Gasteiger partial charge in [-0.15, -0.1) is 13.2 Å². The molecule has 3 amide bonds. The van der Waals surface area contributed by atoms with Crippen LogP contribution in [0.3, 0.4) is 0 Å². The average Bonchev–Trinajstić information content (AvgIpc) is 2.76. The molecular weight excluding hydrogens is 437 g/mol. The van der Waals surface area contributed by atoms with E-state index >= 15 is 0 Å². The van der Waals surface area contributed by atoms with Gasteiger partial charge in [-0.1, -0.05) is 12.1 Å². The van der Waals surface area contributed by atoms with Crippen molar-refractivity contribution in [2.75, 3.05) is 16.0 Å². The number of anilines is 3. The quantitative estimate of drug-likeness (QED) is 0.422. The second-order valence-electron chi connectivity index (χ2n) is 6.79. The van der Waals surface area contributed by atoms with Crippen molar-refractivity contribution in [1.82, 2.24) is 4.98 Å². The second-order valence-corrected chi connectivity index (χ2v) is 6.79. The Hall–Kier alpha value is -4.34. The van der Waals surface area contributed by atoms with Crippen molar-refractivity contribution in [2.24, 2.45) is 0 Å².